The summed E-state index contributed by atoms with van der Waals surface area (Å²) in [7, 11) is 1.46. The van der Waals surface area contributed by atoms with Crippen LogP contribution < -0.4 is 5.63 Å². The van der Waals surface area contributed by atoms with E-state index in [-0.39, 0.29) is 49.9 Å². The molecule has 1 unspecified atom stereocenters. The van der Waals surface area contributed by atoms with Crippen molar-refractivity contribution in [1.29, 1.82) is 0 Å². The molecule has 3 aromatic rings. The van der Waals surface area contributed by atoms with Gasteiger partial charge in [0.05, 0.1) is 0 Å². The number of benzene rings is 1. The van der Waals surface area contributed by atoms with Crippen molar-refractivity contribution in [3.05, 3.63) is 81.2 Å². The van der Waals surface area contributed by atoms with Crippen molar-refractivity contribution in [2.75, 3.05) is 7.11 Å². The first kappa shape index (κ1) is 33.8. The summed E-state index contributed by atoms with van der Waals surface area (Å²) in [4.78, 5) is 28.8. The summed E-state index contributed by atoms with van der Waals surface area (Å²) >= 11 is 0. The smallest absolute Gasteiger partial charge is 0.350 e. The minimum Gasteiger partial charge on any atom is -0.569 e. The Morgan fingerprint density at radius 2 is 1.89 bits per heavy atom. The van der Waals surface area contributed by atoms with Crippen molar-refractivity contribution in [2.45, 2.75) is 79.6 Å². The van der Waals surface area contributed by atoms with Crippen LogP contribution in [0.25, 0.3) is 16.4 Å². The van der Waals surface area contributed by atoms with Gasteiger partial charge in [-0.2, -0.15) is 6.20 Å². The second-order valence-electron chi connectivity index (χ2n) is 10.3. The minimum absolute atomic E-state index is 0. The molecule has 0 aliphatic heterocycles. The van der Waals surface area contributed by atoms with E-state index in [1.54, 1.807) is 27.0 Å². The molecule has 0 saturated carbocycles. The molecule has 1 radical (unpaired) electrons. The number of unbranched alkanes of at least 4 members (excludes halogenated alkanes) is 1. The van der Waals surface area contributed by atoms with Crippen LogP contribution in [0.5, 0.6) is 5.75 Å². The number of Topliss-reactive ketones (excluding diaryl/α,β-unsaturated/α-hetero) is 1. The summed E-state index contributed by atoms with van der Waals surface area (Å²) in [6.07, 6.45) is 8.48. The summed E-state index contributed by atoms with van der Waals surface area (Å²) in [5, 5.41) is 11.3. The van der Waals surface area contributed by atoms with E-state index in [9.17, 15) is 14.7 Å². The number of fused-ring (bicyclic) bond motifs is 1. The van der Waals surface area contributed by atoms with Gasteiger partial charge in [-0.1, -0.05) is 47.1 Å². The van der Waals surface area contributed by atoms with Crippen LogP contribution in [-0.2, 0) is 44.0 Å². The Bertz CT molecular complexity index is 1250. The van der Waals surface area contributed by atoms with Gasteiger partial charge in [0.15, 0.2) is 5.78 Å². The Hall–Kier alpha value is -2.22. The molecule has 38 heavy (non-hydrogen) atoms. The molecule has 0 saturated heterocycles. The number of carbonyl (C=O) groups is 1. The summed E-state index contributed by atoms with van der Waals surface area (Å²) in [6, 6.07) is 9.94. The van der Waals surface area contributed by atoms with Gasteiger partial charge in [-0.25, -0.2) is 4.79 Å². The zero-order valence-electron chi connectivity index (χ0n) is 23.7. The Morgan fingerprint density at radius 1 is 1.18 bits per heavy atom. The van der Waals surface area contributed by atoms with Gasteiger partial charge in [0.1, 0.15) is 28.4 Å². The van der Waals surface area contributed by atoms with Crippen LogP contribution in [0, 0.1) is 12.3 Å². The number of furan rings is 1. The Labute approximate surface area is 250 Å². The number of hydroxylamine groups is 1. The van der Waals surface area contributed by atoms with Crippen LogP contribution in [0.1, 0.15) is 93.7 Å². The number of aromatic hydroxyl groups is 1. The van der Waals surface area contributed by atoms with Gasteiger partial charge < -0.3 is 24.3 Å². The largest absolute Gasteiger partial charge is 0.569 e. The van der Waals surface area contributed by atoms with Crippen LogP contribution in [0.3, 0.4) is 0 Å². The number of ketones is 1. The maximum absolute atomic E-state index is 12.2. The third kappa shape index (κ3) is 10.2. The molecule has 0 aliphatic rings. The van der Waals surface area contributed by atoms with Gasteiger partial charge in [-0.3, -0.25) is 4.79 Å². The molecule has 1 atom stereocenters. The van der Waals surface area contributed by atoms with E-state index in [1.807, 2.05) is 19.9 Å². The quantitative estimate of drug-likeness (QED) is 0.187. The van der Waals surface area contributed by atoms with Crippen LogP contribution in [-0.4, -0.2) is 18.0 Å². The zero-order valence-corrected chi connectivity index (χ0v) is 26.5. The summed E-state index contributed by atoms with van der Waals surface area (Å²) < 4.78 is 10.8. The van der Waals surface area contributed by atoms with E-state index in [2.05, 4.69) is 41.5 Å². The number of rotatable bonds is 10. The Balaban J connectivity index is 0.000000410. The van der Waals surface area contributed by atoms with Crippen LogP contribution >= 0.6 is 0 Å². The normalized spacial score (nSPS) is 12.1. The molecule has 0 bridgehead atoms. The number of nitrogens with zero attached hydrogens (tertiary/aromatic N) is 1. The Kier molecular flexibility index (Phi) is 14.3. The van der Waals surface area contributed by atoms with Gasteiger partial charge in [0.25, 0.3) is 0 Å². The zero-order chi connectivity index (χ0) is 27.6. The molecule has 8 heteroatoms. The first-order valence-corrected chi connectivity index (χ1v) is 12.8. The van der Waals surface area contributed by atoms with Gasteiger partial charge in [0, 0.05) is 62.6 Å². The van der Waals surface area contributed by atoms with E-state index in [4.69, 9.17) is 8.83 Å². The van der Waals surface area contributed by atoms with Gasteiger partial charge >= 0.3 is 5.63 Å². The summed E-state index contributed by atoms with van der Waals surface area (Å²) in [6.45, 7) is 11.1. The van der Waals surface area contributed by atoms with Gasteiger partial charge in [-0.05, 0) is 56.4 Å². The van der Waals surface area contributed by atoms with Crippen molar-refractivity contribution in [3.8, 4) is 5.75 Å². The molecule has 2 aromatic heterocycles. The summed E-state index contributed by atoms with van der Waals surface area (Å²) in [5.41, 5.74) is 4.16. The molecule has 0 spiro atoms. The minimum atomic E-state index is -0.795. The predicted molar refractivity (Wildman–Crippen MR) is 147 cm³/mol. The standard InChI is InChI=1S/C17H24NO5.C13H16O.Y/c1-11(8-6-7-9-18-22-5)13-10-12(19)14(16(21)23-13)15(20)17(2,3)4;1-3-4-5-11-6-7-13-12(9-11)8-10(2)14-13;/h7,9-11H,6,8H2,1-5H3,(H,19,20,21);6-9H,3-5H2,1-2H3;/q-1;;/b9-7-;;. The maximum Gasteiger partial charge on any atom is 0.350 e. The fraction of sp³-hybridized carbons (Fsp3) is 0.467. The van der Waals surface area contributed by atoms with E-state index in [0.717, 1.165) is 11.3 Å². The molecule has 1 N–H and O–H groups in total. The van der Waals surface area contributed by atoms with E-state index in [0.29, 0.717) is 18.6 Å². The van der Waals surface area contributed by atoms with Crippen LogP contribution in [0.15, 0.2) is 56.2 Å². The fourth-order valence-corrected chi connectivity index (χ4v) is 3.75. The van der Waals surface area contributed by atoms with Crippen molar-refractivity contribution in [1.82, 2.24) is 0 Å². The molecular formula is C30H40NO6Y-. The van der Waals surface area contributed by atoms with E-state index in [1.165, 1.54) is 43.4 Å². The molecule has 1 aromatic carbocycles. The second-order valence-corrected chi connectivity index (χ2v) is 10.3. The van der Waals surface area contributed by atoms with Crippen LogP contribution in [0.2, 0.25) is 0 Å². The topological polar surface area (TPSA) is 104 Å². The molecule has 2 heterocycles. The average molecular weight is 600 g/mol. The molecule has 3 rings (SSSR count). The van der Waals surface area contributed by atoms with Crippen molar-refractivity contribution in [2.24, 2.45) is 5.41 Å². The van der Waals surface area contributed by atoms with Gasteiger partial charge in [0.2, 0.25) is 0 Å². The second kappa shape index (κ2) is 16.0. The first-order valence-electron chi connectivity index (χ1n) is 12.8. The van der Waals surface area contributed by atoms with Crippen molar-refractivity contribution < 1.29 is 56.3 Å². The molecule has 0 fully saturated rings. The molecular weight excluding hydrogens is 559 g/mol. The van der Waals surface area contributed by atoms with Crippen molar-refractivity contribution in [3.63, 3.8) is 0 Å². The Morgan fingerprint density at radius 3 is 2.50 bits per heavy atom. The number of aryl methyl sites for hydroxylation is 2. The average Bonchev–Trinajstić information content (AvgIpc) is 3.21. The fourth-order valence-electron chi connectivity index (χ4n) is 3.75. The third-order valence-corrected chi connectivity index (χ3v) is 5.90. The van der Waals surface area contributed by atoms with E-state index >= 15 is 0 Å². The van der Waals surface area contributed by atoms with Gasteiger partial charge in [-0.15, -0.1) is 6.08 Å². The molecule has 0 aliphatic carbocycles. The van der Waals surface area contributed by atoms with E-state index < -0.39 is 16.8 Å². The molecule has 205 valence electrons. The molecule has 7 nitrogen and oxygen atoms in total. The number of allylic oxidation sites excluding steroid dienone is 1. The number of carbonyl (C=O) groups excluding carboxylic acids is 1. The molecule has 0 amide bonds. The predicted octanol–water partition coefficient (Wildman–Crippen LogP) is 7.99. The monoisotopic (exact) mass is 599 g/mol. The van der Waals surface area contributed by atoms with Crippen LogP contribution in [0.4, 0.5) is 0 Å². The SMILES string of the molecule is CCCCc1ccc2oc(C)cc2c1.CO[N-]/C=C\CCC(C)c1cc(O)c(C(=O)C(C)(C)C)c(=O)o1.[Y]. The number of hydrogen-bond donors (Lipinski definition) is 1. The maximum atomic E-state index is 12.2. The third-order valence-electron chi connectivity index (χ3n) is 5.90. The first-order chi connectivity index (χ1) is 17.5. The number of hydrogen-bond acceptors (Lipinski definition) is 6. The summed E-state index contributed by atoms with van der Waals surface area (Å²) in [5.74, 6) is 0.502. The van der Waals surface area contributed by atoms with Crippen molar-refractivity contribution >= 4 is 16.8 Å².